The van der Waals surface area contributed by atoms with Gasteiger partial charge in [-0.1, -0.05) is 29.8 Å². The third-order valence-corrected chi connectivity index (χ3v) is 5.22. The van der Waals surface area contributed by atoms with Gasteiger partial charge in [-0.2, -0.15) is 0 Å². The molecule has 7 nitrogen and oxygen atoms in total. The fraction of sp³-hybridized carbons (Fsp3) is 0.148. The molecule has 4 rings (SSSR count). The second-order valence-corrected chi connectivity index (χ2v) is 8.28. The Morgan fingerprint density at radius 2 is 1.15 bits per heavy atom. The maximum absolute atomic E-state index is 12.4. The van der Waals surface area contributed by atoms with Crippen molar-refractivity contribution in [1.82, 2.24) is 9.97 Å². The standard InChI is InChI=1S/C27H28N6O/c1-17-6-9-21(10-7-17)30-25-16-26(29-20(4)28-25)31-22-11-13-23(14-12-22)32-27(34)33-24-15-18(2)5-8-19(24)3/h5-16H,1-4H3,(H2,32,33,34)(H2,28,29,30,31). The van der Waals surface area contributed by atoms with Crippen molar-refractivity contribution in [3.63, 3.8) is 0 Å². The van der Waals surface area contributed by atoms with Gasteiger partial charge in [0.05, 0.1) is 0 Å². The molecule has 0 radical (unpaired) electrons. The first-order chi connectivity index (χ1) is 16.3. The normalized spacial score (nSPS) is 10.5. The van der Waals surface area contributed by atoms with Gasteiger partial charge in [-0.15, -0.1) is 0 Å². The van der Waals surface area contributed by atoms with E-state index in [-0.39, 0.29) is 6.03 Å². The molecule has 1 heterocycles. The SMILES string of the molecule is Cc1ccc(Nc2cc(Nc3ccc(NC(=O)Nc4cc(C)ccc4C)cc3)nc(C)n2)cc1. The summed E-state index contributed by atoms with van der Waals surface area (Å²) in [5, 5.41) is 12.4. The third-order valence-electron chi connectivity index (χ3n) is 5.22. The highest BCUT2D eigenvalue weighted by Crippen LogP contribution is 2.22. The summed E-state index contributed by atoms with van der Waals surface area (Å²) in [6, 6.07) is 23.1. The number of carbonyl (C=O) groups excluding carboxylic acids is 1. The number of amides is 2. The number of urea groups is 1. The number of carbonyl (C=O) groups is 1. The maximum Gasteiger partial charge on any atom is 0.323 e. The lowest BCUT2D eigenvalue weighted by molar-refractivity contribution is 0.262. The van der Waals surface area contributed by atoms with E-state index in [1.165, 1.54) is 5.56 Å². The Balaban J connectivity index is 1.39. The van der Waals surface area contributed by atoms with Crippen molar-refractivity contribution in [3.8, 4) is 0 Å². The van der Waals surface area contributed by atoms with Crippen LogP contribution in [0.2, 0.25) is 0 Å². The summed E-state index contributed by atoms with van der Waals surface area (Å²) >= 11 is 0. The fourth-order valence-corrected chi connectivity index (χ4v) is 3.42. The predicted molar refractivity (Wildman–Crippen MR) is 140 cm³/mol. The molecule has 0 spiro atoms. The number of benzene rings is 3. The van der Waals surface area contributed by atoms with Crippen molar-refractivity contribution >= 4 is 40.4 Å². The van der Waals surface area contributed by atoms with E-state index in [9.17, 15) is 4.79 Å². The van der Waals surface area contributed by atoms with Gasteiger partial charge in [0.15, 0.2) is 0 Å². The van der Waals surface area contributed by atoms with E-state index in [1.807, 2.05) is 93.6 Å². The van der Waals surface area contributed by atoms with Crippen LogP contribution in [-0.4, -0.2) is 16.0 Å². The Bertz CT molecular complexity index is 1300. The topological polar surface area (TPSA) is 91.0 Å². The van der Waals surface area contributed by atoms with Crippen molar-refractivity contribution in [1.29, 1.82) is 0 Å². The van der Waals surface area contributed by atoms with Crippen LogP contribution in [0.25, 0.3) is 0 Å². The number of nitrogens with zero attached hydrogens (tertiary/aromatic N) is 2. The first-order valence-corrected chi connectivity index (χ1v) is 11.1. The van der Waals surface area contributed by atoms with Gasteiger partial charge in [-0.05, 0) is 81.3 Å². The van der Waals surface area contributed by atoms with Crippen LogP contribution >= 0.6 is 0 Å². The molecule has 4 N–H and O–H groups in total. The van der Waals surface area contributed by atoms with Crippen LogP contribution in [-0.2, 0) is 0 Å². The summed E-state index contributed by atoms with van der Waals surface area (Å²) in [5.74, 6) is 2.04. The molecule has 0 unspecified atom stereocenters. The van der Waals surface area contributed by atoms with Crippen molar-refractivity contribution in [2.45, 2.75) is 27.7 Å². The number of rotatable bonds is 6. The van der Waals surface area contributed by atoms with Crippen molar-refractivity contribution in [2.24, 2.45) is 0 Å². The van der Waals surface area contributed by atoms with Crippen LogP contribution in [0.4, 0.5) is 39.2 Å². The zero-order chi connectivity index (χ0) is 24.1. The molecule has 0 bridgehead atoms. The molecule has 172 valence electrons. The Hall–Kier alpha value is -4.39. The lowest BCUT2D eigenvalue weighted by Gasteiger charge is -2.12. The summed E-state index contributed by atoms with van der Waals surface area (Å²) in [4.78, 5) is 21.3. The van der Waals surface area contributed by atoms with E-state index in [0.717, 1.165) is 28.2 Å². The molecule has 1 aromatic heterocycles. The molecule has 0 saturated heterocycles. The molecule has 0 aliphatic rings. The minimum absolute atomic E-state index is 0.285. The van der Waals surface area contributed by atoms with Gasteiger partial charge in [0.25, 0.3) is 0 Å². The van der Waals surface area contributed by atoms with E-state index >= 15 is 0 Å². The Morgan fingerprint density at radius 3 is 1.76 bits per heavy atom. The molecule has 34 heavy (non-hydrogen) atoms. The van der Waals surface area contributed by atoms with Gasteiger partial charge in [-0.25, -0.2) is 14.8 Å². The van der Waals surface area contributed by atoms with Crippen LogP contribution in [0.3, 0.4) is 0 Å². The van der Waals surface area contributed by atoms with Crippen LogP contribution in [0.5, 0.6) is 0 Å². The minimum atomic E-state index is -0.285. The monoisotopic (exact) mass is 452 g/mol. The minimum Gasteiger partial charge on any atom is -0.340 e. The molecule has 7 heteroatoms. The van der Waals surface area contributed by atoms with E-state index in [1.54, 1.807) is 0 Å². The van der Waals surface area contributed by atoms with E-state index in [4.69, 9.17) is 0 Å². The molecule has 0 fully saturated rings. The summed E-state index contributed by atoms with van der Waals surface area (Å²) in [7, 11) is 0. The highest BCUT2D eigenvalue weighted by atomic mass is 16.2. The highest BCUT2D eigenvalue weighted by molar-refractivity contribution is 6.00. The smallest absolute Gasteiger partial charge is 0.323 e. The molecule has 2 amide bonds. The van der Waals surface area contributed by atoms with E-state index < -0.39 is 0 Å². The van der Waals surface area contributed by atoms with Crippen LogP contribution < -0.4 is 21.3 Å². The number of anilines is 6. The average Bonchev–Trinajstić information content (AvgIpc) is 2.79. The molecule has 0 aliphatic carbocycles. The lowest BCUT2D eigenvalue weighted by atomic mass is 10.1. The number of hydrogen-bond acceptors (Lipinski definition) is 5. The number of nitrogens with one attached hydrogen (secondary N) is 4. The lowest BCUT2D eigenvalue weighted by Crippen LogP contribution is -2.20. The molecular formula is C27H28N6O. The fourth-order valence-electron chi connectivity index (χ4n) is 3.42. The van der Waals surface area contributed by atoms with Gasteiger partial charge < -0.3 is 21.3 Å². The Labute approximate surface area is 199 Å². The van der Waals surface area contributed by atoms with Gasteiger partial charge >= 0.3 is 6.03 Å². The summed E-state index contributed by atoms with van der Waals surface area (Å²) in [5.41, 5.74) is 6.60. The largest absolute Gasteiger partial charge is 0.340 e. The first-order valence-electron chi connectivity index (χ1n) is 11.1. The van der Waals surface area contributed by atoms with Crippen LogP contribution in [0, 0.1) is 27.7 Å². The van der Waals surface area contributed by atoms with Gasteiger partial charge in [0, 0.05) is 28.8 Å². The number of hydrogen-bond donors (Lipinski definition) is 4. The van der Waals surface area contributed by atoms with E-state index in [2.05, 4.69) is 38.2 Å². The number of aromatic nitrogens is 2. The molecule has 0 atom stereocenters. The van der Waals surface area contributed by atoms with Crippen LogP contribution in [0.15, 0.2) is 72.8 Å². The maximum atomic E-state index is 12.4. The molecule has 0 saturated carbocycles. The average molecular weight is 453 g/mol. The van der Waals surface area contributed by atoms with E-state index in [0.29, 0.717) is 23.1 Å². The molecule has 4 aromatic rings. The zero-order valence-electron chi connectivity index (χ0n) is 19.7. The van der Waals surface area contributed by atoms with Gasteiger partial charge in [-0.3, -0.25) is 0 Å². The third kappa shape index (κ3) is 6.10. The summed E-state index contributed by atoms with van der Waals surface area (Å²) < 4.78 is 0. The van der Waals surface area contributed by atoms with Crippen molar-refractivity contribution in [3.05, 3.63) is 95.3 Å². The highest BCUT2D eigenvalue weighted by Gasteiger charge is 2.07. The molecule has 3 aromatic carbocycles. The number of aryl methyl sites for hydroxylation is 4. The quantitative estimate of drug-likeness (QED) is 0.257. The first kappa shape index (κ1) is 22.8. The van der Waals surface area contributed by atoms with Crippen molar-refractivity contribution < 1.29 is 4.79 Å². The second kappa shape index (κ2) is 10.0. The molecule has 0 aliphatic heterocycles. The van der Waals surface area contributed by atoms with Gasteiger partial charge in [0.2, 0.25) is 0 Å². The van der Waals surface area contributed by atoms with Crippen LogP contribution in [0.1, 0.15) is 22.5 Å². The summed E-state index contributed by atoms with van der Waals surface area (Å²) in [6.07, 6.45) is 0. The Morgan fingerprint density at radius 1 is 0.618 bits per heavy atom. The Kier molecular flexibility index (Phi) is 6.73. The zero-order valence-corrected chi connectivity index (χ0v) is 19.7. The second-order valence-electron chi connectivity index (χ2n) is 8.28. The molecular weight excluding hydrogens is 424 g/mol. The van der Waals surface area contributed by atoms with Gasteiger partial charge in [0.1, 0.15) is 17.5 Å². The van der Waals surface area contributed by atoms with Crippen molar-refractivity contribution in [2.75, 3.05) is 21.3 Å². The predicted octanol–water partition coefficient (Wildman–Crippen LogP) is 6.84. The summed E-state index contributed by atoms with van der Waals surface area (Å²) in [6.45, 7) is 7.87.